The van der Waals surface area contributed by atoms with Crippen molar-refractivity contribution < 1.29 is 18.3 Å². The van der Waals surface area contributed by atoms with Gasteiger partial charge in [0.25, 0.3) is 5.91 Å². The van der Waals surface area contributed by atoms with Crippen LogP contribution < -0.4 is 10.5 Å². The van der Waals surface area contributed by atoms with E-state index in [0.29, 0.717) is 53.0 Å². The van der Waals surface area contributed by atoms with Crippen molar-refractivity contribution in [3.8, 4) is 5.75 Å². The number of amides is 1. The molecule has 3 heterocycles. The van der Waals surface area contributed by atoms with E-state index >= 15 is 0 Å². The summed E-state index contributed by atoms with van der Waals surface area (Å²) >= 11 is 6.20. The summed E-state index contributed by atoms with van der Waals surface area (Å²) in [6, 6.07) is 4.13. The largest absolute Gasteiger partial charge is 0.485 e. The molecule has 5 rings (SSSR count). The van der Waals surface area contributed by atoms with Gasteiger partial charge in [-0.25, -0.2) is 18.7 Å². The normalized spacial score (nSPS) is 21.8. The number of nitrogens with zero attached hydrogens (tertiary/aromatic N) is 4. The second kappa shape index (κ2) is 9.78. The molecule has 1 fully saturated rings. The summed E-state index contributed by atoms with van der Waals surface area (Å²) in [5, 5.41) is 0.497. The molecule has 2 atom stereocenters. The molecule has 0 radical (unpaired) electrons. The number of carbonyl (C=O) groups is 1. The Bertz CT molecular complexity index is 1260. The van der Waals surface area contributed by atoms with E-state index in [9.17, 15) is 13.6 Å². The molecule has 2 unspecified atom stereocenters. The molecule has 7 nitrogen and oxygen atoms in total. The van der Waals surface area contributed by atoms with Crippen LogP contribution in [0.25, 0.3) is 5.57 Å². The van der Waals surface area contributed by atoms with Crippen LogP contribution in [0.4, 0.5) is 8.78 Å². The van der Waals surface area contributed by atoms with Gasteiger partial charge in [-0.15, -0.1) is 0 Å². The molecule has 2 bridgehead atoms. The van der Waals surface area contributed by atoms with Crippen molar-refractivity contribution in [3.05, 3.63) is 69.2 Å². The molecule has 1 aromatic heterocycles. The van der Waals surface area contributed by atoms with Crippen molar-refractivity contribution in [2.75, 3.05) is 32.9 Å². The van der Waals surface area contributed by atoms with Gasteiger partial charge in [0.15, 0.2) is 5.82 Å². The molecule has 1 aromatic carbocycles. The fourth-order valence-corrected chi connectivity index (χ4v) is 5.29. The van der Waals surface area contributed by atoms with Gasteiger partial charge in [-0.3, -0.25) is 9.69 Å². The zero-order valence-electron chi connectivity index (χ0n) is 20.2. The van der Waals surface area contributed by atoms with Crippen molar-refractivity contribution in [2.24, 2.45) is 5.73 Å². The van der Waals surface area contributed by atoms with E-state index in [1.807, 2.05) is 0 Å². The number of ether oxygens (including phenoxy) is 1. The lowest BCUT2D eigenvalue weighted by atomic mass is 10.1. The van der Waals surface area contributed by atoms with Gasteiger partial charge in [0, 0.05) is 42.9 Å². The summed E-state index contributed by atoms with van der Waals surface area (Å²) in [6.45, 7) is 4.66. The lowest BCUT2D eigenvalue weighted by molar-refractivity contribution is 0.0792. The number of aromatic nitrogens is 2. The fourth-order valence-electron chi connectivity index (χ4n) is 5.21. The van der Waals surface area contributed by atoms with Crippen molar-refractivity contribution in [1.82, 2.24) is 19.8 Å². The highest BCUT2D eigenvalue weighted by Gasteiger charge is 2.38. The van der Waals surface area contributed by atoms with E-state index in [-0.39, 0.29) is 42.5 Å². The zero-order valence-corrected chi connectivity index (χ0v) is 21.0. The first kappa shape index (κ1) is 24.6. The van der Waals surface area contributed by atoms with Crippen LogP contribution in [0.5, 0.6) is 5.75 Å². The molecule has 10 heteroatoms. The number of carbonyl (C=O) groups excluding carboxylic acids is 1. The second-order valence-corrected chi connectivity index (χ2v) is 9.88. The maximum absolute atomic E-state index is 14.2. The third-order valence-electron chi connectivity index (χ3n) is 7.13. The third-order valence-corrected chi connectivity index (χ3v) is 7.67. The standard InChI is InChI=1S/C26H28ClF2N5O2/c1-14-24(27)15(2)32-25(31-14)20-12-34(13-21(20)30)26(35)19-4-3-17(29)10-23(19)36-22-11-18-9-16(22)5-7-33(18)8-6-28/h3-5,10,18,22H,6-9,11-13,30H2,1-2H3. The summed E-state index contributed by atoms with van der Waals surface area (Å²) < 4.78 is 33.3. The van der Waals surface area contributed by atoms with Crippen molar-refractivity contribution >= 4 is 23.1 Å². The second-order valence-electron chi connectivity index (χ2n) is 9.50. The first-order valence-electron chi connectivity index (χ1n) is 12.0. The number of hydrogen-bond donors (Lipinski definition) is 1. The number of benzene rings is 1. The van der Waals surface area contributed by atoms with Gasteiger partial charge in [0.2, 0.25) is 0 Å². The zero-order chi connectivity index (χ0) is 25.6. The van der Waals surface area contributed by atoms with Crippen LogP contribution in [0.3, 0.4) is 0 Å². The Morgan fingerprint density at radius 3 is 2.72 bits per heavy atom. The Morgan fingerprint density at radius 1 is 1.25 bits per heavy atom. The Hall–Kier alpha value is -3.04. The first-order valence-corrected chi connectivity index (χ1v) is 12.4. The Kier molecular flexibility index (Phi) is 6.70. The minimum atomic E-state index is -0.490. The van der Waals surface area contributed by atoms with Crippen LogP contribution in [-0.2, 0) is 0 Å². The van der Waals surface area contributed by atoms with Crippen LogP contribution in [0.2, 0.25) is 5.02 Å². The summed E-state index contributed by atoms with van der Waals surface area (Å²) in [5.41, 5.74) is 10.1. The van der Waals surface area contributed by atoms with E-state index in [4.69, 9.17) is 22.1 Å². The molecule has 1 saturated carbocycles. The van der Waals surface area contributed by atoms with Gasteiger partial charge in [-0.05, 0) is 38.0 Å². The molecular formula is C26H28ClF2N5O2. The predicted molar refractivity (Wildman–Crippen MR) is 133 cm³/mol. The summed E-state index contributed by atoms with van der Waals surface area (Å²) in [7, 11) is 0. The highest BCUT2D eigenvalue weighted by atomic mass is 35.5. The van der Waals surface area contributed by atoms with Gasteiger partial charge in [-0.2, -0.15) is 0 Å². The van der Waals surface area contributed by atoms with Crippen molar-refractivity contribution in [2.45, 2.75) is 38.8 Å². The van der Waals surface area contributed by atoms with Crippen LogP contribution in [-0.4, -0.2) is 70.7 Å². The number of rotatable bonds is 6. The number of alkyl halides is 1. The number of nitrogens with two attached hydrogens (primary N) is 1. The molecule has 1 amide bonds. The Labute approximate surface area is 213 Å². The molecule has 0 spiro atoms. The lowest BCUT2D eigenvalue weighted by Gasteiger charge is -2.28. The summed E-state index contributed by atoms with van der Waals surface area (Å²) in [6.07, 6.45) is 3.24. The Morgan fingerprint density at radius 2 is 2.00 bits per heavy atom. The smallest absolute Gasteiger partial charge is 0.258 e. The Balaban J connectivity index is 1.35. The van der Waals surface area contributed by atoms with Gasteiger partial charge in [0.1, 0.15) is 24.3 Å². The van der Waals surface area contributed by atoms with Crippen LogP contribution in [0, 0.1) is 19.7 Å². The topological polar surface area (TPSA) is 84.6 Å². The summed E-state index contributed by atoms with van der Waals surface area (Å²) in [4.78, 5) is 26.1. The molecule has 0 saturated heterocycles. The maximum atomic E-state index is 14.2. The molecule has 2 N–H and O–H groups in total. The van der Waals surface area contributed by atoms with Crippen LogP contribution >= 0.6 is 11.6 Å². The first-order chi connectivity index (χ1) is 17.2. The van der Waals surface area contributed by atoms with Crippen LogP contribution in [0.15, 0.2) is 35.5 Å². The van der Waals surface area contributed by atoms with E-state index in [2.05, 4.69) is 20.9 Å². The SMILES string of the molecule is Cc1nc(C2=C(N)CN(C(=O)c3ccc(F)cc3OC3CC4CC3=CCN4CCF)C2)nc(C)c1Cl. The molecular weight excluding hydrogens is 488 g/mol. The highest BCUT2D eigenvalue weighted by Crippen LogP contribution is 2.37. The maximum Gasteiger partial charge on any atom is 0.258 e. The average molecular weight is 516 g/mol. The van der Waals surface area contributed by atoms with E-state index in [0.717, 1.165) is 12.0 Å². The number of halogens is 3. The molecule has 2 aliphatic heterocycles. The van der Waals surface area contributed by atoms with Gasteiger partial charge in [-0.1, -0.05) is 17.7 Å². The minimum absolute atomic E-state index is 0.190. The average Bonchev–Trinajstić information content (AvgIpc) is 3.39. The highest BCUT2D eigenvalue weighted by molar-refractivity contribution is 6.31. The number of fused-ring (bicyclic) bond motifs is 2. The van der Waals surface area contributed by atoms with E-state index in [1.54, 1.807) is 18.7 Å². The van der Waals surface area contributed by atoms with E-state index in [1.165, 1.54) is 18.2 Å². The van der Waals surface area contributed by atoms with Crippen molar-refractivity contribution in [1.29, 1.82) is 0 Å². The van der Waals surface area contributed by atoms with Gasteiger partial charge >= 0.3 is 0 Å². The molecule has 36 heavy (non-hydrogen) atoms. The molecule has 3 aliphatic rings. The number of aryl methyl sites for hydroxylation is 2. The predicted octanol–water partition coefficient (Wildman–Crippen LogP) is 3.83. The molecule has 1 aliphatic carbocycles. The monoisotopic (exact) mass is 515 g/mol. The molecule has 190 valence electrons. The lowest BCUT2D eigenvalue weighted by Crippen LogP contribution is -2.36. The van der Waals surface area contributed by atoms with E-state index < -0.39 is 12.5 Å². The summed E-state index contributed by atoms with van der Waals surface area (Å²) in [5.74, 6) is -0.173. The van der Waals surface area contributed by atoms with Gasteiger partial charge in [0.05, 0.1) is 35.1 Å². The number of hydrogen-bond acceptors (Lipinski definition) is 6. The third kappa shape index (κ3) is 4.57. The molecule has 2 aromatic rings. The minimum Gasteiger partial charge on any atom is -0.485 e. The van der Waals surface area contributed by atoms with Crippen molar-refractivity contribution in [3.63, 3.8) is 0 Å². The van der Waals surface area contributed by atoms with Crippen LogP contribution in [0.1, 0.15) is 40.4 Å². The fraction of sp³-hybridized carbons (Fsp3) is 0.423. The van der Waals surface area contributed by atoms with Gasteiger partial charge < -0.3 is 15.4 Å². The quantitative estimate of drug-likeness (QED) is 0.589.